The van der Waals surface area contributed by atoms with Gasteiger partial charge in [0.2, 0.25) is 11.8 Å². The molecule has 45 heavy (non-hydrogen) atoms. The molecule has 6 unspecified atom stereocenters. The van der Waals surface area contributed by atoms with Gasteiger partial charge < -0.3 is 25.8 Å². The van der Waals surface area contributed by atoms with E-state index in [-0.39, 0.29) is 29.4 Å². The Morgan fingerprint density at radius 1 is 0.800 bits per heavy atom. The molecule has 0 bridgehead atoms. The van der Waals surface area contributed by atoms with Gasteiger partial charge in [-0.3, -0.25) is 9.59 Å². The minimum Gasteiger partial charge on any atom is -0.367 e. The van der Waals surface area contributed by atoms with Gasteiger partial charge in [0.15, 0.2) is 0 Å². The first-order valence-corrected chi connectivity index (χ1v) is 17.9. The molecule has 0 aliphatic carbocycles. The van der Waals surface area contributed by atoms with Crippen molar-refractivity contribution in [2.75, 3.05) is 20.1 Å². The number of likely N-dealkylation sites (tertiary alicyclic amines) is 2. The smallest absolute Gasteiger partial charge is 0.247 e. The van der Waals surface area contributed by atoms with Gasteiger partial charge in [0.1, 0.15) is 6.04 Å². The van der Waals surface area contributed by atoms with E-state index in [1.807, 2.05) is 27.7 Å². The Morgan fingerprint density at radius 2 is 1.18 bits per heavy atom. The van der Waals surface area contributed by atoms with Gasteiger partial charge in [0.25, 0.3) is 0 Å². The van der Waals surface area contributed by atoms with Crippen molar-refractivity contribution in [3.8, 4) is 0 Å². The van der Waals surface area contributed by atoms with E-state index in [4.69, 9.17) is 0 Å². The summed E-state index contributed by atoms with van der Waals surface area (Å²) in [5.74, 6) is 2.26. The molecule has 7 nitrogen and oxygen atoms in total. The quantitative estimate of drug-likeness (QED) is 0.255. The molecule has 0 aromatic rings. The fraction of sp³-hybridized carbons (Fsp3) is 0.895. The Labute approximate surface area is 281 Å². The molecule has 0 radical (unpaired) electrons. The third kappa shape index (κ3) is 19.0. The minimum absolute atomic E-state index is 0.00454. The lowest BCUT2D eigenvalue weighted by molar-refractivity contribution is -0.151. The molecule has 4 heterocycles. The average molecular weight is 638 g/mol. The molecule has 4 rings (SSSR count). The van der Waals surface area contributed by atoms with Crippen molar-refractivity contribution >= 4 is 11.8 Å². The zero-order chi connectivity index (χ0) is 35.9. The molecular weight excluding hydrogens is 558 g/mol. The summed E-state index contributed by atoms with van der Waals surface area (Å²) in [6.45, 7) is 42.6. The maximum absolute atomic E-state index is 11.6. The van der Waals surface area contributed by atoms with Crippen LogP contribution in [0.25, 0.3) is 0 Å². The topological polar surface area (TPSA) is 76.7 Å². The fourth-order valence-corrected chi connectivity index (χ4v) is 4.97. The minimum atomic E-state index is -0.436. The van der Waals surface area contributed by atoms with Crippen molar-refractivity contribution in [2.45, 2.75) is 179 Å². The van der Waals surface area contributed by atoms with Crippen molar-refractivity contribution in [1.82, 2.24) is 25.8 Å². The number of carbonyl (C=O) groups excluding carboxylic acids is 2. The molecule has 0 aromatic carbocycles. The van der Waals surface area contributed by atoms with Crippen molar-refractivity contribution in [2.24, 2.45) is 23.2 Å². The first kappa shape index (κ1) is 45.5. The monoisotopic (exact) mass is 638 g/mol. The Balaban J connectivity index is 0. The van der Waals surface area contributed by atoms with Gasteiger partial charge in [-0.25, -0.2) is 0 Å². The number of nitrogens with one attached hydrogen (secondary N) is 3. The highest BCUT2D eigenvalue weighted by molar-refractivity contribution is 5.94. The van der Waals surface area contributed by atoms with Crippen LogP contribution < -0.4 is 16.0 Å². The number of β-lactam (4-membered cyclic amide) rings is 1. The maximum atomic E-state index is 11.6. The molecule has 0 spiro atoms. The van der Waals surface area contributed by atoms with Crippen molar-refractivity contribution in [3.63, 3.8) is 0 Å². The van der Waals surface area contributed by atoms with Gasteiger partial charge in [0.05, 0.1) is 6.04 Å². The molecule has 3 N–H and O–H groups in total. The second kappa shape index (κ2) is 21.3. The van der Waals surface area contributed by atoms with E-state index in [1.54, 1.807) is 11.9 Å². The van der Waals surface area contributed by atoms with Gasteiger partial charge in [0, 0.05) is 47.7 Å². The van der Waals surface area contributed by atoms with Crippen LogP contribution >= 0.6 is 0 Å². The van der Waals surface area contributed by atoms with Gasteiger partial charge >= 0.3 is 0 Å². The summed E-state index contributed by atoms with van der Waals surface area (Å²) in [4.78, 5) is 27.0. The summed E-state index contributed by atoms with van der Waals surface area (Å²) in [6.07, 6.45) is 5.50. The summed E-state index contributed by atoms with van der Waals surface area (Å²) in [7, 11) is 1.74. The van der Waals surface area contributed by atoms with Crippen LogP contribution in [0.3, 0.4) is 0 Å². The Morgan fingerprint density at radius 3 is 1.36 bits per heavy atom. The second-order valence-electron chi connectivity index (χ2n) is 16.9. The first-order chi connectivity index (χ1) is 20.4. The normalized spacial score (nSPS) is 27.1. The van der Waals surface area contributed by atoms with Crippen molar-refractivity contribution < 1.29 is 9.59 Å². The average Bonchev–Trinajstić information content (AvgIpc) is 3.58. The number of carbonyl (C=O) groups is 2. The summed E-state index contributed by atoms with van der Waals surface area (Å²) < 4.78 is 0. The molecule has 4 aliphatic rings. The molecule has 7 heteroatoms. The highest BCUT2D eigenvalue weighted by atomic mass is 16.2. The van der Waals surface area contributed by atoms with Crippen LogP contribution in [0.1, 0.15) is 143 Å². The summed E-state index contributed by atoms with van der Waals surface area (Å²) in [6, 6.07) is 2.04. The number of rotatable bonds is 1. The standard InChI is InChI=1S/C10H18N2O2.C10H19N.2C5H11N.2C4H10/c1-6-7(8(13)12(6)5)11-9(14)10(2,3)4;1-7-8(2)11(9(7)3)10(4,5)6;2*1-5-3-2-4-6-5;2*1-4(2)3/h6-7H,1-5H3,(H,11,14);7,9H,2H2,1,3-6H3;2*5-6H,2-4H2,1H3;2*4H,1-3H3. The predicted molar refractivity (Wildman–Crippen MR) is 197 cm³/mol. The molecular formula is C38H79N5O2. The van der Waals surface area contributed by atoms with Crippen LogP contribution in [0, 0.1) is 23.2 Å². The zero-order valence-electron chi connectivity index (χ0n) is 33.3. The first-order valence-electron chi connectivity index (χ1n) is 17.9. The number of hydrogen-bond donors (Lipinski definition) is 3. The SMILES string of the molecule is C=C1C(C)C(C)N1C(C)(C)C.CC(C)C.CC(C)C.CC1C(NC(=O)C(C)(C)C)C(=O)N1C.CC1CCCN1.CC1CCCN1. The predicted octanol–water partition coefficient (Wildman–Crippen LogP) is 7.86. The van der Waals surface area contributed by atoms with Crippen LogP contribution in [0.5, 0.6) is 0 Å². The van der Waals surface area contributed by atoms with Crippen LogP contribution in [0.2, 0.25) is 0 Å². The third-order valence-corrected chi connectivity index (χ3v) is 7.98. The maximum Gasteiger partial charge on any atom is 0.247 e. The summed E-state index contributed by atoms with van der Waals surface area (Å²) in [5.41, 5.74) is 1.11. The van der Waals surface area contributed by atoms with Crippen LogP contribution in [-0.2, 0) is 9.59 Å². The molecule has 2 amide bonds. The zero-order valence-corrected chi connectivity index (χ0v) is 33.3. The molecule has 0 aromatic heterocycles. The molecule has 6 atom stereocenters. The number of likely N-dealkylation sites (N-methyl/N-ethyl adjacent to an activating group) is 1. The van der Waals surface area contributed by atoms with Crippen LogP contribution in [0.4, 0.5) is 0 Å². The number of amides is 2. The van der Waals surface area contributed by atoms with Crippen LogP contribution in [0.15, 0.2) is 12.3 Å². The second-order valence-corrected chi connectivity index (χ2v) is 16.9. The highest BCUT2D eigenvalue weighted by Gasteiger charge is 2.44. The van der Waals surface area contributed by atoms with Gasteiger partial charge in [-0.15, -0.1) is 0 Å². The lowest BCUT2D eigenvalue weighted by Crippen LogP contribution is -2.68. The van der Waals surface area contributed by atoms with Crippen molar-refractivity contribution in [1.29, 1.82) is 0 Å². The molecule has 268 valence electrons. The summed E-state index contributed by atoms with van der Waals surface area (Å²) >= 11 is 0. The van der Waals surface area contributed by atoms with E-state index in [0.29, 0.717) is 12.0 Å². The molecule has 4 fully saturated rings. The summed E-state index contributed by atoms with van der Waals surface area (Å²) in [5, 5.41) is 9.40. The largest absolute Gasteiger partial charge is 0.367 e. The van der Waals surface area contributed by atoms with Gasteiger partial charge in [-0.2, -0.15) is 0 Å². The number of nitrogens with zero attached hydrogens (tertiary/aromatic N) is 2. The third-order valence-electron chi connectivity index (χ3n) is 7.98. The van der Waals surface area contributed by atoms with Gasteiger partial charge in [-0.1, -0.05) is 75.8 Å². The van der Waals surface area contributed by atoms with Gasteiger partial charge in [-0.05, 0) is 99.1 Å². The van der Waals surface area contributed by atoms with Crippen molar-refractivity contribution in [3.05, 3.63) is 12.3 Å². The fourth-order valence-electron chi connectivity index (χ4n) is 4.97. The Kier molecular flexibility index (Phi) is 21.6. The lowest BCUT2D eigenvalue weighted by Gasteiger charge is -2.56. The highest BCUT2D eigenvalue weighted by Crippen LogP contribution is 2.39. The lowest BCUT2D eigenvalue weighted by atomic mass is 9.83. The van der Waals surface area contributed by atoms with E-state index in [0.717, 1.165) is 23.9 Å². The van der Waals surface area contributed by atoms with E-state index in [9.17, 15) is 9.59 Å². The Hall–Kier alpha value is -1.60. The number of hydrogen-bond acceptors (Lipinski definition) is 5. The molecule has 4 saturated heterocycles. The molecule has 4 aliphatic heterocycles. The van der Waals surface area contributed by atoms with Crippen LogP contribution in [-0.4, -0.2) is 77.5 Å². The van der Waals surface area contributed by atoms with E-state index in [2.05, 4.69) is 117 Å². The molecule has 0 saturated carbocycles. The van der Waals surface area contributed by atoms with E-state index < -0.39 is 5.41 Å². The Bertz CT molecular complexity index is 805. The van der Waals surface area contributed by atoms with E-state index in [1.165, 1.54) is 44.5 Å². The van der Waals surface area contributed by atoms with E-state index >= 15 is 0 Å².